The van der Waals surface area contributed by atoms with E-state index >= 15 is 0 Å². The van der Waals surface area contributed by atoms with Crippen LogP contribution in [0.1, 0.15) is 28.7 Å². The minimum Gasteiger partial charge on any atom is -0.323 e. The van der Waals surface area contributed by atoms with Crippen LogP contribution in [-0.4, -0.2) is 0 Å². The average molecular weight is 209 g/mol. The molecule has 0 spiro atoms. The molecule has 1 aliphatic rings. The molecule has 2 unspecified atom stereocenters. The van der Waals surface area contributed by atoms with Gasteiger partial charge >= 0.3 is 0 Å². The lowest BCUT2D eigenvalue weighted by Gasteiger charge is -2.34. The van der Waals surface area contributed by atoms with E-state index in [1.54, 1.807) is 0 Å². The van der Waals surface area contributed by atoms with Gasteiger partial charge in [0.2, 0.25) is 0 Å². The first-order valence-electron chi connectivity index (χ1n) is 5.74. The van der Waals surface area contributed by atoms with Gasteiger partial charge in [-0.25, -0.2) is 0 Å². The van der Waals surface area contributed by atoms with Crippen LogP contribution in [0.15, 0.2) is 54.6 Å². The van der Waals surface area contributed by atoms with Crippen LogP contribution in [0.4, 0.5) is 0 Å². The maximum Gasteiger partial charge on any atom is 0.0367 e. The van der Waals surface area contributed by atoms with E-state index in [2.05, 4.69) is 48.5 Å². The normalized spacial score (nSPS) is 19.7. The zero-order chi connectivity index (χ0) is 11.0. The first-order valence-corrected chi connectivity index (χ1v) is 5.74. The van der Waals surface area contributed by atoms with Gasteiger partial charge in [-0.1, -0.05) is 54.6 Å². The SMILES string of the molecule is NC(c1ccccc1)C1Cc2ccccc21. The van der Waals surface area contributed by atoms with Gasteiger partial charge in [-0.05, 0) is 23.1 Å². The summed E-state index contributed by atoms with van der Waals surface area (Å²) in [6.07, 6.45) is 1.12. The number of benzene rings is 2. The van der Waals surface area contributed by atoms with E-state index < -0.39 is 0 Å². The number of fused-ring (bicyclic) bond motifs is 1. The third-order valence-electron chi connectivity index (χ3n) is 3.51. The Labute approximate surface area is 95.9 Å². The highest BCUT2D eigenvalue weighted by atomic mass is 14.7. The van der Waals surface area contributed by atoms with Crippen molar-refractivity contribution in [3.05, 3.63) is 71.3 Å². The van der Waals surface area contributed by atoms with Crippen LogP contribution in [0.3, 0.4) is 0 Å². The van der Waals surface area contributed by atoms with E-state index in [9.17, 15) is 0 Å². The van der Waals surface area contributed by atoms with Gasteiger partial charge < -0.3 is 5.73 Å². The van der Waals surface area contributed by atoms with Gasteiger partial charge in [0, 0.05) is 12.0 Å². The minimum absolute atomic E-state index is 0.135. The fourth-order valence-electron chi connectivity index (χ4n) is 2.53. The van der Waals surface area contributed by atoms with Crippen molar-refractivity contribution in [2.75, 3.05) is 0 Å². The molecule has 2 aromatic carbocycles. The quantitative estimate of drug-likeness (QED) is 0.808. The molecule has 0 radical (unpaired) electrons. The van der Waals surface area contributed by atoms with E-state index in [0.717, 1.165) is 6.42 Å². The molecule has 0 amide bonds. The smallest absolute Gasteiger partial charge is 0.0367 e. The van der Waals surface area contributed by atoms with Crippen molar-refractivity contribution in [2.45, 2.75) is 18.4 Å². The molecule has 2 aromatic rings. The second kappa shape index (κ2) is 3.76. The summed E-state index contributed by atoms with van der Waals surface area (Å²) in [5, 5.41) is 0. The van der Waals surface area contributed by atoms with E-state index in [4.69, 9.17) is 5.73 Å². The van der Waals surface area contributed by atoms with Gasteiger partial charge in [0.05, 0.1) is 0 Å². The zero-order valence-electron chi connectivity index (χ0n) is 9.14. The fourth-order valence-corrected chi connectivity index (χ4v) is 2.53. The molecule has 3 rings (SSSR count). The second-order valence-corrected chi connectivity index (χ2v) is 4.45. The van der Waals surface area contributed by atoms with Crippen LogP contribution in [0.5, 0.6) is 0 Å². The van der Waals surface area contributed by atoms with Crippen LogP contribution in [0.25, 0.3) is 0 Å². The van der Waals surface area contributed by atoms with Crippen molar-refractivity contribution in [1.29, 1.82) is 0 Å². The Hall–Kier alpha value is -1.60. The summed E-state index contributed by atoms with van der Waals surface area (Å²) in [7, 11) is 0. The highest BCUT2D eigenvalue weighted by Gasteiger charge is 2.31. The lowest BCUT2D eigenvalue weighted by molar-refractivity contribution is 0.500. The topological polar surface area (TPSA) is 26.0 Å². The second-order valence-electron chi connectivity index (χ2n) is 4.45. The summed E-state index contributed by atoms with van der Waals surface area (Å²) in [6, 6.07) is 19.1. The molecule has 0 heterocycles. The highest BCUT2D eigenvalue weighted by Crippen LogP contribution is 2.41. The summed E-state index contributed by atoms with van der Waals surface area (Å²) in [4.78, 5) is 0. The molecule has 0 fully saturated rings. The maximum atomic E-state index is 6.32. The van der Waals surface area contributed by atoms with Gasteiger partial charge in [-0.2, -0.15) is 0 Å². The molecule has 1 nitrogen and oxygen atoms in total. The molecule has 0 aromatic heterocycles. The number of nitrogens with two attached hydrogens (primary N) is 1. The van der Waals surface area contributed by atoms with Gasteiger partial charge in [-0.3, -0.25) is 0 Å². The molecule has 80 valence electrons. The van der Waals surface area contributed by atoms with Crippen molar-refractivity contribution in [3.63, 3.8) is 0 Å². The first kappa shape index (κ1) is 9.61. The molecule has 0 bridgehead atoms. The Kier molecular flexibility index (Phi) is 2.26. The highest BCUT2D eigenvalue weighted by molar-refractivity contribution is 5.42. The van der Waals surface area contributed by atoms with Crippen molar-refractivity contribution in [1.82, 2.24) is 0 Å². The van der Waals surface area contributed by atoms with E-state index in [1.165, 1.54) is 16.7 Å². The van der Waals surface area contributed by atoms with Crippen molar-refractivity contribution < 1.29 is 0 Å². The van der Waals surface area contributed by atoms with Crippen molar-refractivity contribution in [2.24, 2.45) is 5.73 Å². The predicted octanol–water partition coefficient (Wildman–Crippen LogP) is 3.03. The molecule has 0 saturated heterocycles. The third kappa shape index (κ3) is 1.44. The van der Waals surface area contributed by atoms with Gasteiger partial charge in [0.25, 0.3) is 0 Å². The number of hydrogen-bond acceptors (Lipinski definition) is 1. The predicted molar refractivity (Wildman–Crippen MR) is 66.3 cm³/mol. The van der Waals surface area contributed by atoms with Crippen molar-refractivity contribution >= 4 is 0 Å². The number of rotatable bonds is 2. The lowest BCUT2D eigenvalue weighted by Crippen LogP contribution is -2.28. The standard InChI is InChI=1S/C15H15N/c16-15(11-6-2-1-3-7-11)14-10-12-8-4-5-9-13(12)14/h1-9,14-15H,10,16H2. The molecule has 2 N–H and O–H groups in total. The fraction of sp³-hybridized carbons (Fsp3) is 0.200. The van der Waals surface area contributed by atoms with Crippen LogP contribution in [0, 0.1) is 0 Å². The third-order valence-corrected chi connectivity index (χ3v) is 3.51. The molecular formula is C15H15N. The summed E-state index contributed by atoms with van der Waals surface area (Å²) < 4.78 is 0. The Morgan fingerprint density at radius 3 is 2.38 bits per heavy atom. The summed E-state index contributed by atoms with van der Waals surface area (Å²) in [5.41, 5.74) is 10.4. The molecule has 1 aliphatic carbocycles. The molecule has 1 heteroatoms. The van der Waals surface area contributed by atoms with Crippen LogP contribution >= 0.6 is 0 Å². The maximum absolute atomic E-state index is 6.32. The van der Waals surface area contributed by atoms with Crippen LogP contribution in [-0.2, 0) is 6.42 Å². The number of hydrogen-bond donors (Lipinski definition) is 1. The van der Waals surface area contributed by atoms with E-state index in [1.807, 2.05) is 6.07 Å². The lowest BCUT2D eigenvalue weighted by atomic mass is 9.72. The largest absolute Gasteiger partial charge is 0.323 e. The zero-order valence-corrected chi connectivity index (χ0v) is 9.14. The molecule has 0 aliphatic heterocycles. The average Bonchev–Trinajstić information content (AvgIpc) is 2.32. The first-order chi connectivity index (χ1) is 7.86. The van der Waals surface area contributed by atoms with Crippen LogP contribution in [0.2, 0.25) is 0 Å². The van der Waals surface area contributed by atoms with Crippen LogP contribution < -0.4 is 5.73 Å². The molecule has 2 atom stereocenters. The Morgan fingerprint density at radius 2 is 1.62 bits per heavy atom. The minimum atomic E-state index is 0.135. The van der Waals surface area contributed by atoms with Gasteiger partial charge in [0.15, 0.2) is 0 Å². The van der Waals surface area contributed by atoms with E-state index in [0.29, 0.717) is 5.92 Å². The molecular weight excluding hydrogens is 194 g/mol. The summed E-state index contributed by atoms with van der Waals surface area (Å²) in [5.74, 6) is 0.499. The molecule has 0 saturated carbocycles. The van der Waals surface area contributed by atoms with Gasteiger partial charge in [0.1, 0.15) is 0 Å². The van der Waals surface area contributed by atoms with Crippen molar-refractivity contribution in [3.8, 4) is 0 Å². The Morgan fingerprint density at radius 1 is 0.938 bits per heavy atom. The van der Waals surface area contributed by atoms with Gasteiger partial charge in [-0.15, -0.1) is 0 Å². The summed E-state index contributed by atoms with van der Waals surface area (Å²) in [6.45, 7) is 0. The monoisotopic (exact) mass is 209 g/mol. The molecule has 16 heavy (non-hydrogen) atoms. The Bertz CT molecular complexity index is 490. The van der Waals surface area contributed by atoms with E-state index in [-0.39, 0.29) is 6.04 Å². The Balaban J connectivity index is 1.87. The summed E-state index contributed by atoms with van der Waals surface area (Å²) >= 11 is 0.